The molecule has 3 nitrogen and oxygen atoms in total. The van der Waals surface area contributed by atoms with E-state index in [1.54, 1.807) is 18.1 Å². The topological polar surface area (TPSA) is 37.8 Å². The van der Waals surface area contributed by atoms with Gasteiger partial charge in [0.25, 0.3) is 0 Å². The van der Waals surface area contributed by atoms with Crippen LogP contribution in [-0.2, 0) is 0 Å². The Morgan fingerprint density at radius 2 is 2.12 bits per heavy atom. The monoisotopic (exact) mass is 247 g/mol. The van der Waals surface area contributed by atoms with Crippen LogP contribution < -0.4 is 5.32 Å². The Bertz CT molecular complexity index is 478. The SMILES string of the molecule is CCC(CSc1ncnc2ccccc12)NC. The van der Waals surface area contributed by atoms with E-state index in [0.29, 0.717) is 6.04 Å². The number of nitrogens with one attached hydrogen (secondary N) is 1. The van der Waals surface area contributed by atoms with Crippen LogP contribution in [0.3, 0.4) is 0 Å². The predicted octanol–water partition coefficient (Wildman–Crippen LogP) is 2.72. The van der Waals surface area contributed by atoms with Crippen LogP contribution in [0.2, 0.25) is 0 Å². The highest BCUT2D eigenvalue weighted by Crippen LogP contribution is 2.24. The first-order chi connectivity index (χ1) is 8.35. The summed E-state index contributed by atoms with van der Waals surface area (Å²) in [6.45, 7) is 2.19. The van der Waals surface area contributed by atoms with Gasteiger partial charge in [0.05, 0.1) is 5.52 Å². The van der Waals surface area contributed by atoms with Gasteiger partial charge in [0, 0.05) is 17.2 Å². The van der Waals surface area contributed by atoms with Gasteiger partial charge < -0.3 is 5.32 Å². The molecule has 1 N–H and O–H groups in total. The second-order valence-electron chi connectivity index (χ2n) is 3.90. The molecule has 0 saturated heterocycles. The maximum atomic E-state index is 4.37. The summed E-state index contributed by atoms with van der Waals surface area (Å²) >= 11 is 1.79. The van der Waals surface area contributed by atoms with Gasteiger partial charge in [-0.05, 0) is 19.5 Å². The van der Waals surface area contributed by atoms with Crippen LogP contribution in [0.1, 0.15) is 13.3 Å². The van der Waals surface area contributed by atoms with Crippen molar-refractivity contribution in [2.75, 3.05) is 12.8 Å². The number of hydrogen-bond acceptors (Lipinski definition) is 4. The zero-order valence-corrected chi connectivity index (χ0v) is 11.0. The van der Waals surface area contributed by atoms with Crippen molar-refractivity contribution < 1.29 is 0 Å². The van der Waals surface area contributed by atoms with Gasteiger partial charge in [-0.15, -0.1) is 11.8 Å². The molecule has 1 heterocycles. The molecule has 90 valence electrons. The molecule has 1 aromatic carbocycles. The van der Waals surface area contributed by atoms with Gasteiger partial charge in [0.2, 0.25) is 0 Å². The molecule has 2 aromatic rings. The minimum atomic E-state index is 0.536. The minimum absolute atomic E-state index is 0.536. The van der Waals surface area contributed by atoms with Crippen molar-refractivity contribution in [3.05, 3.63) is 30.6 Å². The van der Waals surface area contributed by atoms with E-state index in [4.69, 9.17) is 0 Å². The summed E-state index contributed by atoms with van der Waals surface area (Å²) in [4.78, 5) is 8.64. The van der Waals surface area contributed by atoms with Gasteiger partial charge in [0.15, 0.2) is 0 Å². The third-order valence-corrected chi connectivity index (χ3v) is 4.00. The average molecular weight is 247 g/mol. The van der Waals surface area contributed by atoms with Crippen LogP contribution in [0.4, 0.5) is 0 Å². The lowest BCUT2D eigenvalue weighted by atomic mass is 10.2. The third-order valence-electron chi connectivity index (χ3n) is 2.83. The highest BCUT2D eigenvalue weighted by molar-refractivity contribution is 7.99. The van der Waals surface area contributed by atoms with Crippen molar-refractivity contribution in [2.45, 2.75) is 24.4 Å². The first-order valence-corrected chi connectivity index (χ1v) is 6.83. The fourth-order valence-corrected chi connectivity index (χ4v) is 2.89. The molecule has 0 saturated carbocycles. The first-order valence-electron chi connectivity index (χ1n) is 5.85. The number of para-hydroxylation sites is 1. The molecule has 0 bridgehead atoms. The van der Waals surface area contributed by atoms with E-state index in [1.807, 2.05) is 25.2 Å². The quantitative estimate of drug-likeness (QED) is 0.651. The van der Waals surface area contributed by atoms with Gasteiger partial charge >= 0.3 is 0 Å². The first kappa shape index (κ1) is 12.3. The smallest absolute Gasteiger partial charge is 0.117 e. The molecule has 0 spiro atoms. The number of hydrogen-bond donors (Lipinski definition) is 1. The molecular weight excluding hydrogens is 230 g/mol. The normalized spacial score (nSPS) is 12.8. The van der Waals surface area contributed by atoms with Gasteiger partial charge in [-0.3, -0.25) is 0 Å². The summed E-state index contributed by atoms with van der Waals surface area (Å²) in [5.41, 5.74) is 1.02. The van der Waals surface area contributed by atoms with Crippen LogP contribution >= 0.6 is 11.8 Å². The van der Waals surface area contributed by atoms with E-state index in [-0.39, 0.29) is 0 Å². The molecule has 1 atom stereocenters. The van der Waals surface area contributed by atoms with E-state index >= 15 is 0 Å². The molecular formula is C13H17N3S. The van der Waals surface area contributed by atoms with Crippen molar-refractivity contribution in [3.8, 4) is 0 Å². The van der Waals surface area contributed by atoms with Gasteiger partial charge in [-0.2, -0.15) is 0 Å². The summed E-state index contributed by atoms with van der Waals surface area (Å²) < 4.78 is 0. The van der Waals surface area contributed by atoms with E-state index in [0.717, 1.165) is 28.1 Å². The molecule has 1 aromatic heterocycles. The Labute approximate surface area is 106 Å². The number of thioether (sulfide) groups is 1. The Hall–Kier alpha value is -1.13. The minimum Gasteiger partial charge on any atom is -0.316 e. The van der Waals surface area contributed by atoms with Crippen LogP contribution in [0.5, 0.6) is 0 Å². The van der Waals surface area contributed by atoms with E-state index in [1.165, 1.54) is 0 Å². The molecule has 2 rings (SSSR count). The Morgan fingerprint density at radius 1 is 1.29 bits per heavy atom. The highest BCUT2D eigenvalue weighted by Gasteiger charge is 2.07. The molecule has 0 amide bonds. The summed E-state index contributed by atoms with van der Waals surface area (Å²) in [6.07, 6.45) is 2.78. The van der Waals surface area contributed by atoms with Crippen LogP contribution in [0.15, 0.2) is 35.6 Å². The fraction of sp³-hybridized carbons (Fsp3) is 0.385. The Morgan fingerprint density at radius 3 is 2.88 bits per heavy atom. The van der Waals surface area contributed by atoms with Crippen LogP contribution in [-0.4, -0.2) is 28.8 Å². The molecule has 0 radical (unpaired) electrons. The van der Waals surface area contributed by atoms with Crippen LogP contribution in [0.25, 0.3) is 10.9 Å². The summed E-state index contributed by atoms with van der Waals surface area (Å²) in [7, 11) is 2.01. The lowest BCUT2D eigenvalue weighted by Crippen LogP contribution is -2.26. The molecule has 0 aliphatic rings. The predicted molar refractivity (Wildman–Crippen MR) is 73.4 cm³/mol. The number of rotatable bonds is 5. The molecule has 1 unspecified atom stereocenters. The van der Waals surface area contributed by atoms with Crippen molar-refractivity contribution in [1.29, 1.82) is 0 Å². The van der Waals surface area contributed by atoms with Gasteiger partial charge in [-0.1, -0.05) is 25.1 Å². The van der Waals surface area contributed by atoms with E-state index in [2.05, 4.69) is 28.3 Å². The van der Waals surface area contributed by atoms with E-state index < -0.39 is 0 Å². The van der Waals surface area contributed by atoms with E-state index in [9.17, 15) is 0 Å². The number of aromatic nitrogens is 2. The maximum Gasteiger partial charge on any atom is 0.117 e. The van der Waals surface area contributed by atoms with Crippen molar-refractivity contribution in [3.63, 3.8) is 0 Å². The second-order valence-corrected chi connectivity index (χ2v) is 4.91. The number of benzene rings is 1. The molecule has 17 heavy (non-hydrogen) atoms. The van der Waals surface area contributed by atoms with Crippen molar-refractivity contribution >= 4 is 22.7 Å². The molecule has 0 fully saturated rings. The second kappa shape index (κ2) is 5.98. The summed E-state index contributed by atoms with van der Waals surface area (Å²) in [5.74, 6) is 1.04. The van der Waals surface area contributed by atoms with Gasteiger partial charge in [-0.25, -0.2) is 9.97 Å². The standard InChI is InChI=1S/C13H17N3S/c1-3-10(14-2)8-17-13-11-6-4-5-7-12(11)15-9-16-13/h4-7,9-10,14H,3,8H2,1-2H3. The Balaban J connectivity index is 2.18. The molecule has 4 heteroatoms. The lowest BCUT2D eigenvalue weighted by Gasteiger charge is -2.13. The van der Waals surface area contributed by atoms with Crippen molar-refractivity contribution in [2.24, 2.45) is 0 Å². The number of fused-ring (bicyclic) bond motifs is 1. The fourth-order valence-electron chi connectivity index (χ4n) is 1.68. The third kappa shape index (κ3) is 2.96. The van der Waals surface area contributed by atoms with Crippen LogP contribution in [0, 0.1) is 0 Å². The lowest BCUT2D eigenvalue weighted by molar-refractivity contribution is 0.601. The van der Waals surface area contributed by atoms with Crippen molar-refractivity contribution in [1.82, 2.24) is 15.3 Å². The summed E-state index contributed by atoms with van der Waals surface area (Å²) in [5, 5.41) is 5.52. The van der Waals surface area contributed by atoms with Gasteiger partial charge in [0.1, 0.15) is 11.4 Å². The molecule has 0 aliphatic carbocycles. The molecule has 0 aliphatic heterocycles. The summed E-state index contributed by atoms with van der Waals surface area (Å²) in [6, 6.07) is 8.68. The Kier molecular flexibility index (Phi) is 4.34. The average Bonchev–Trinajstić information content (AvgIpc) is 2.40. The highest BCUT2D eigenvalue weighted by atomic mass is 32.2. The number of nitrogens with zero attached hydrogens (tertiary/aromatic N) is 2. The zero-order chi connectivity index (χ0) is 12.1. The largest absolute Gasteiger partial charge is 0.316 e. The maximum absolute atomic E-state index is 4.37. The zero-order valence-electron chi connectivity index (χ0n) is 10.2.